The molecule has 0 aliphatic rings. The maximum absolute atomic E-state index is 12.6. The highest BCUT2D eigenvalue weighted by atomic mass is 35.5. The van der Waals surface area contributed by atoms with E-state index in [1.807, 2.05) is 36.4 Å². The summed E-state index contributed by atoms with van der Waals surface area (Å²) in [5.41, 5.74) is 1.51. The molecule has 0 amide bonds. The van der Waals surface area contributed by atoms with Gasteiger partial charge in [0.05, 0.1) is 5.02 Å². The van der Waals surface area contributed by atoms with E-state index in [1.165, 1.54) is 18.2 Å². The summed E-state index contributed by atoms with van der Waals surface area (Å²) in [6.45, 7) is 0. The Hall–Kier alpha value is -2.01. The maximum Gasteiger partial charge on any atom is 0.340 e. The minimum Gasteiger partial charge on any atom is -0.378 e. The van der Waals surface area contributed by atoms with Gasteiger partial charge in [-0.2, -0.15) is 8.42 Å². The predicted octanol–water partition coefficient (Wildman–Crippen LogP) is 5.43. The highest BCUT2D eigenvalue weighted by Gasteiger charge is 2.22. The van der Waals surface area contributed by atoms with Gasteiger partial charge in [0.1, 0.15) is 4.90 Å². The highest BCUT2D eigenvalue weighted by Crippen LogP contribution is 2.33. The Bertz CT molecular complexity index is 971. The molecule has 0 atom stereocenters. The first-order chi connectivity index (χ1) is 11.5. The molecule has 0 fully saturated rings. The zero-order valence-electron chi connectivity index (χ0n) is 12.3. The third-order valence-corrected chi connectivity index (χ3v) is 5.29. The van der Waals surface area contributed by atoms with Crippen LogP contribution in [0.1, 0.15) is 0 Å². The van der Waals surface area contributed by atoms with Crippen LogP contribution in [-0.4, -0.2) is 8.42 Å². The topological polar surface area (TPSA) is 43.4 Å². The maximum atomic E-state index is 12.6. The normalized spacial score (nSPS) is 11.2. The molecule has 3 nitrogen and oxygen atoms in total. The molecule has 3 aromatic rings. The Morgan fingerprint density at radius 3 is 2.21 bits per heavy atom. The molecule has 24 heavy (non-hydrogen) atoms. The lowest BCUT2D eigenvalue weighted by molar-refractivity contribution is 0.487. The summed E-state index contributed by atoms with van der Waals surface area (Å²) in [5, 5.41) is 0.314. The third kappa shape index (κ3) is 3.56. The van der Waals surface area contributed by atoms with E-state index >= 15 is 0 Å². The second-order valence-electron chi connectivity index (χ2n) is 4.97. The number of halogens is 2. The van der Waals surface area contributed by atoms with Crippen molar-refractivity contribution in [3.05, 3.63) is 82.8 Å². The third-order valence-electron chi connectivity index (χ3n) is 3.33. The lowest BCUT2D eigenvalue weighted by Gasteiger charge is -2.12. The first-order valence-electron chi connectivity index (χ1n) is 7.01. The van der Waals surface area contributed by atoms with Crippen LogP contribution in [0.25, 0.3) is 11.1 Å². The van der Waals surface area contributed by atoms with Gasteiger partial charge < -0.3 is 4.18 Å². The summed E-state index contributed by atoms with van der Waals surface area (Å²) in [4.78, 5) is -0.167. The molecule has 0 saturated heterocycles. The van der Waals surface area contributed by atoms with Crippen molar-refractivity contribution in [1.29, 1.82) is 0 Å². The average Bonchev–Trinajstić information content (AvgIpc) is 2.58. The number of hydrogen-bond acceptors (Lipinski definition) is 3. The Balaban J connectivity index is 2.04. The number of hydrogen-bond donors (Lipinski definition) is 0. The second kappa shape index (κ2) is 6.85. The van der Waals surface area contributed by atoms with Gasteiger partial charge in [-0.1, -0.05) is 71.7 Å². The summed E-state index contributed by atoms with van der Waals surface area (Å²) < 4.78 is 30.5. The van der Waals surface area contributed by atoms with Crippen LogP contribution >= 0.6 is 23.2 Å². The zero-order valence-corrected chi connectivity index (χ0v) is 14.6. The van der Waals surface area contributed by atoms with Crippen LogP contribution < -0.4 is 4.18 Å². The molecule has 3 aromatic carbocycles. The Morgan fingerprint density at radius 1 is 0.792 bits per heavy atom. The molecule has 0 bridgehead atoms. The molecule has 0 spiro atoms. The quantitative estimate of drug-likeness (QED) is 0.568. The van der Waals surface area contributed by atoms with Gasteiger partial charge in [0.25, 0.3) is 0 Å². The van der Waals surface area contributed by atoms with Gasteiger partial charge in [-0.05, 0) is 29.8 Å². The second-order valence-corrected chi connectivity index (χ2v) is 7.33. The van der Waals surface area contributed by atoms with Crippen molar-refractivity contribution in [2.75, 3.05) is 0 Å². The monoisotopic (exact) mass is 378 g/mol. The zero-order chi connectivity index (χ0) is 17.2. The van der Waals surface area contributed by atoms with Crippen molar-refractivity contribution in [3.8, 4) is 16.9 Å². The first kappa shape index (κ1) is 16.8. The van der Waals surface area contributed by atoms with Gasteiger partial charge in [0.2, 0.25) is 0 Å². The SMILES string of the molecule is O=S(=O)(Oc1ccccc1-c1ccccc1)c1cc(Cl)ccc1Cl. The van der Waals surface area contributed by atoms with Gasteiger partial charge in [0, 0.05) is 10.6 Å². The smallest absolute Gasteiger partial charge is 0.340 e. The number of rotatable bonds is 4. The van der Waals surface area contributed by atoms with Crippen molar-refractivity contribution < 1.29 is 12.6 Å². The molecule has 0 heterocycles. The van der Waals surface area contributed by atoms with Crippen LogP contribution in [0.5, 0.6) is 5.75 Å². The summed E-state index contributed by atoms with van der Waals surface area (Å²) >= 11 is 11.9. The van der Waals surface area contributed by atoms with Crippen molar-refractivity contribution in [1.82, 2.24) is 0 Å². The molecule has 122 valence electrons. The van der Waals surface area contributed by atoms with E-state index in [1.54, 1.807) is 18.2 Å². The van der Waals surface area contributed by atoms with Crippen LogP contribution in [0.2, 0.25) is 10.0 Å². The lowest BCUT2D eigenvalue weighted by Crippen LogP contribution is -2.11. The Labute approximate surface area is 150 Å². The standard InChI is InChI=1S/C18H12Cl2O3S/c19-14-10-11-16(20)18(12-14)24(21,22)23-17-9-5-4-8-15(17)13-6-2-1-3-7-13/h1-12H. The molecular formula is C18H12Cl2O3S. The minimum absolute atomic E-state index is 0.0524. The van der Waals surface area contributed by atoms with E-state index in [0.29, 0.717) is 5.56 Å². The van der Waals surface area contributed by atoms with E-state index in [0.717, 1.165) is 5.56 Å². The minimum atomic E-state index is -4.11. The van der Waals surface area contributed by atoms with E-state index in [2.05, 4.69) is 0 Å². The molecule has 0 N–H and O–H groups in total. The van der Waals surface area contributed by atoms with Crippen LogP contribution in [0.4, 0.5) is 0 Å². The van der Waals surface area contributed by atoms with Crippen molar-refractivity contribution in [2.24, 2.45) is 0 Å². The first-order valence-corrected chi connectivity index (χ1v) is 9.18. The summed E-state index contributed by atoms with van der Waals surface area (Å²) in [6.07, 6.45) is 0. The van der Waals surface area contributed by atoms with Crippen LogP contribution in [0, 0.1) is 0 Å². The predicted molar refractivity (Wildman–Crippen MR) is 96.2 cm³/mol. The molecule has 0 saturated carbocycles. The fraction of sp³-hybridized carbons (Fsp3) is 0. The summed E-state index contributed by atoms with van der Waals surface area (Å²) in [6, 6.07) is 20.5. The molecule has 6 heteroatoms. The number of benzene rings is 3. The van der Waals surface area contributed by atoms with Gasteiger partial charge in [0.15, 0.2) is 5.75 Å². The fourth-order valence-corrected chi connectivity index (χ4v) is 3.91. The summed E-state index contributed by atoms with van der Waals surface area (Å²) in [7, 11) is -4.11. The van der Waals surface area contributed by atoms with Gasteiger partial charge in [-0.15, -0.1) is 0 Å². The molecule has 0 unspecified atom stereocenters. The van der Waals surface area contributed by atoms with Crippen LogP contribution in [0.15, 0.2) is 77.7 Å². The van der Waals surface area contributed by atoms with E-state index in [9.17, 15) is 8.42 Å². The largest absolute Gasteiger partial charge is 0.378 e. The van der Waals surface area contributed by atoms with E-state index < -0.39 is 10.1 Å². The van der Waals surface area contributed by atoms with Gasteiger partial charge >= 0.3 is 10.1 Å². The average molecular weight is 379 g/mol. The fourth-order valence-electron chi connectivity index (χ4n) is 2.23. The molecule has 0 radical (unpaired) electrons. The van der Waals surface area contributed by atoms with Crippen molar-refractivity contribution in [3.63, 3.8) is 0 Å². The van der Waals surface area contributed by atoms with Crippen LogP contribution in [-0.2, 0) is 10.1 Å². The molecule has 0 aromatic heterocycles. The molecule has 0 aliphatic carbocycles. The molecular weight excluding hydrogens is 367 g/mol. The van der Waals surface area contributed by atoms with Crippen molar-refractivity contribution in [2.45, 2.75) is 4.90 Å². The van der Waals surface area contributed by atoms with E-state index in [-0.39, 0.29) is 20.7 Å². The van der Waals surface area contributed by atoms with E-state index in [4.69, 9.17) is 27.4 Å². The molecule has 0 aliphatic heterocycles. The van der Waals surface area contributed by atoms with Gasteiger partial charge in [-0.3, -0.25) is 0 Å². The Kier molecular flexibility index (Phi) is 4.81. The molecule has 3 rings (SSSR count). The Morgan fingerprint density at radius 2 is 1.46 bits per heavy atom. The van der Waals surface area contributed by atoms with Crippen LogP contribution in [0.3, 0.4) is 0 Å². The summed E-state index contributed by atoms with van der Waals surface area (Å²) in [5.74, 6) is 0.222. The number of para-hydroxylation sites is 1. The highest BCUT2D eigenvalue weighted by molar-refractivity contribution is 7.87. The lowest BCUT2D eigenvalue weighted by atomic mass is 10.1. The van der Waals surface area contributed by atoms with Crippen molar-refractivity contribution >= 4 is 33.3 Å². The van der Waals surface area contributed by atoms with Gasteiger partial charge in [-0.25, -0.2) is 0 Å².